The van der Waals surface area contributed by atoms with Crippen molar-refractivity contribution in [1.82, 2.24) is 0 Å². The van der Waals surface area contributed by atoms with Crippen molar-refractivity contribution in [3.8, 4) is 11.5 Å². The van der Waals surface area contributed by atoms with Gasteiger partial charge in [-0.3, -0.25) is 0 Å². The van der Waals surface area contributed by atoms with Crippen molar-refractivity contribution in [3.05, 3.63) is 21.9 Å². The molecule has 0 saturated heterocycles. The summed E-state index contributed by atoms with van der Waals surface area (Å²) in [4.78, 5) is 0. The molecule has 8 heteroatoms. The van der Waals surface area contributed by atoms with Crippen molar-refractivity contribution < 1.29 is 22.3 Å². The smallest absolute Gasteiger partial charge is 0.236 e. The zero-order valence-electron chi connectivity index (χ0n) is 7.67. The summed E-state index contributed by atoms with van der Waals surface area (Å²) in [6, 6.07) is 1.27. The second-order valence-corrected chi connectivity index (χ2v) is 6.65. The van der Waals surface area contributed by atoms with E-state index in [2.05, 4.69) is 15.9 Å². The minimum atomic E-state index is -3.82. The fraction of sp³-hybridized carbons (Fsp3) is 0.250. The van der Waals surface area contributed by atoms with E-state index in [1.807, 2.05) is 0 Å². The van der Waals surface area contributed by atoms with Crippen molar-refractivity contribution in [2.75, 3.05) is 6.79 Å². The Kier molecular flexibility index (Phi) is 3.02. The van der Waals surface area contributed by atoms with Crippen LogP contribution < -0.4 is 9.47 Å². The zero-order chi connectivity index (χ0) is 11.9. The van der Waals surface area contributed by atoms with Gasteiger partial charge in [0.15, 0.2) is 11.5 Å². The van der Waals surface area contributed by atoms with E-state index in [-0.39, 0.29) is 22.6 Å². The van der Waals surface area contributed by atoms with Crippen LogP contribution in [0, 0.1) is 5.82 Å². The van der Waals surface area contributed by atoms with Crippen LogP contribution in [-0.2, 0) is 14.8 Å². The lowest BCUT2D eigenvalue weighted by Gasteiger charge is -2.05. The molecule has 0 unspecified atom stereocenters. The van der Waals surface area contributed by atoms with Gasteiger partial charge in [0.05, 0.1) is 10.2 Å². The van der Waals surface area contributed by atoms with Crippen LogP contribution in [0.2, 0.25) is 0 Å². The van der Waals surface area contributed by atoms with Gasteiger partial charge in [0.25, 0.3) is 0 Å². The highest BCUT2D eigenvalue weighted by Crippen LogP contribution is 2.42. The number of fused-ring (bicyclic) bond motifs is 1. The summed E-state index contributed by atoms with van der Waals surface area (Å²) in [5.74, 6) is -0.791. The van der Waals surface area contributed by atoms with Gasteiger partial charge in [0.1, 0.15) is 5.82 Å². The lowest BCUT2D eigenvalue weighted by molar-refractivity contribution is 0.173. The third-order valence-electron chi connectivity index (χ3n) is 1.95. The highest BCUT2D eigenvalue weighted by atomic mass is 79.9. The second kappa shape index (κ2) is 4.05. The third-order valence-corrected chi connectivity index (χ3v) is 3.64. The summed E-state index contributed by atoms with van der Waals surface area (Å²) in [6.07, 6.45) is 0. The molecule has 1 heterocycles. The van der Waals surface area contributed by atoms with Crippen molar-refractivity contribution in [2.45, 2.75) is 5.75 Å². The summed E-state index contributed by atoms with van der Waals surface area (Å²) < 4.78 is 45.5. The van der Waals surface area contributed by atoms with Gasteiger partial charge >= 0.3 is 0 Å². The zero-order valence-corrected chi connectivity index (χ0v) is 10.8. The molecule has 4 nitrogen and oxygen atoms in total. The van der Waals surface area contributed by atoms with Crippen LogP contribution in [0.3, 0.4) is 0 Å². The van der Waals surface area contributed by atoms with Gasteiger partial charge in [-0.05, 0) is 22.0 Å². The van der Waals surface area contributed by atoms with Crippen molar-refractivity contribution in [2.24, 2.45) is 0 Å². The van der Waals surface area contributed by atoms with E-state index >= 15 is 0 Å². The average Bonchev–Trinajstić information content (AvgIpc) is 2.59. The maximum atomic E-state index is 13.7. The first-order chi connectivity index (χ1) is 7.38. The highest BCUT2D eigenvalue weighted by molar-refractivity contribution is 9.10. The summed E-state index contributed by atoms with van der Waals surface area (Å²) in [5, 5.41) is 0. The average molecular weight is 332 g/mol. The summed E-state index contributed by atoms with van der Waals surface area (Å²) in [5.41, 5.74) is -0.0638. The molecule has 0 saturated carbocycles. The first kappa shape index (κ1) is 11.9. The molecule has 0 N–H and O–H groups in total. The minimum Gasteiger partial charge on any atom is -0.454 e. The normalized spacial score (nSPS) is 14.2. The molecule has 0 amide bonds. The van der Waals surface area contributed by atoms with Crippen LogP contribution in [0.25, 0.3) is 0 Å². The minimum absolute atomic E-state index is 0.0234. The van der Waals surface area contributed by atoms with Crippen LogP contribution in [0.15, 0.2) is 10.5 Å². The molecule has 0 bridgehead atoms. The maximum Gasteiger partial charge on any atom is 0.236 e. The van der Waals surface area contributed by atoms with Crippen molar-refractivity contribution >= 4 is 35.7 Å². The molecule has 1 aromatic carbocycles. The van der Waals surface area contributed by atoms with Crippen molar-refractivity contribution in [3.63, 3.8) is 0 Å². The monoisotopic (exact) mass is 330 g/mol. The van der Waals surface area contributed by atoms with Gasteiger partial charge in [0.2, 0.25) is 15.8 Å². The molecule has 1 aliphatic heterocycles. The summed E-state index contributed by atoms with van der Waals surface area (Å²) in [6.45, 7) is -0.0234. The fourth-order valence-corrected chi connectivity index (χ4v) is 2.82. The number of rotatable bonds is 2. The fourth-order valence-electron chi connectivity index (χ4n) is 1.32. The molecule has 0 radical (unpaired) electrons. The Morgan fingerprint density at radius 2 is 2.19 bits per heavy atom. The van der Waals surface area contributed by atoms with Gasteiger partial charge < -0.3 is 9.47 Å². The molecule has 1 aromatic rings. The summed E-state index contributed by atoms with van der Waals surface area (Å²) >= 11 is 2.97. The van der Waals surface area contributed by atoms with Gasteiger partial charge in [-0.15, -0.1) is 0 Å². The van der Waals surface area contributed by atoms with Gasteiger partial charge in [0, 0.05) is 16.2 Å². The number of halogens is 3. The largest absolute Gasteiger partial charge is 0.454 e. The predicted octanol–water partition coefficient (Wildman–Crippen LogP) is 2.39. The van der Waals surface area contributed by atoms with Crippen LogP contribution in [0.1, 0.15) is 5.56 Å². The van der Waals surface area contributed by atoms with Crippen LogP contribution in [-0.4, -0.2) is 15.2 Å². The second-order valence-electron chi connectivity index (χ2n) is 3.08. The van der Waals surface area contributed by atoms with E-state index in [1.165, 1.54) is 6.07 Å². The van der Waals surface area contributed by atoms with E-state index < -0.39 is 20.6 Å². The van der Waals surface area contributed by atoms with Crippen LogP contribution in [0.5, 0.6) is 11.5 Å². The molecule has 0 spiro atoms. The highest BCUT2D eigenvalue weighted by Gasteiger charge is 2.24. The molecular weight excluding hydrogens is 327 g/mol. The van der Waals surface area contributed by atoms with E-state index in [9.17, 15) is 12.8 Å². The van der Waals surface area contributed by atoms with Crippen molar-refractivity contribution in [1.29, 1.82) is 0 Å². The lowest BCUT2D eigenvalue weighted by Crippen LogP contribution is -1.99. The van der Waals surface area contributed by atoms with E-state index in [1.54, 1.807) is 0 Å². The molecule has 1 aliphatic rings. The predicted molar refractivity (Wildman–Crippen MR) is 58.7 cm³/mol. The Labute approximate surface area is 104 Å². The molecule has 16 heavy (non-hydrogen) atoms. The molecule has 0 atom stereocenters. The third kappa shape index (κ3) is 2.26. The molecule has 0 aromatic heterocycles. The van der Waals surface area contributed by atoms with Crippen LogP contribution >= 0.6 is 26.6 Å². The molecule has 2 rings (SSSR count). The Hall–Kier alpha value is -0.530. The number of hydrogen-bond donors (Lipinski definition) is 0. The van der Waals surface area contributed by atoms with E-state index in [0.717, 1.165) is 0 Å². The topological polar surface area (TPSA) is 52.6 Å². The Morgan fingerprint density at radius 1 is 1.50 bits per heavy atom. The molecule has 0 fully saturated rings. The first-order valence-electron chi connectivity index (χ1n) is 4.07. The SMILES string of the molecule is O=S(=O)(Cl)Cc1cc2c(c(Br)c1F)OCO2. The molecular formula is C8H5BrClFO4S. The van der Waals surface area contributed by atoms with Gasteiger partial charge in [-0.25, -0.2) is 12.8 Å². The molecule has 0 aliphatic carbocycles. The maximum absolute atomic E-state index is 13.7. The quantitative estimate of drug-likeness (QED) is 0.781. The summed E-state index contributed by atoms with van der Waals surface area (Å²) in [7, 11) is 1.24. The number of ether oxygens (including phenoxy) is 2. The number of benzene rings is 1. The Bertz CT molecular complexity index is 545. The van der Waals surface area contributed by atoms with Crippen LogP contribution in [0.4, 0.5) is 4.39 Å². The Morgan fingerprint density at radius 3 is 2.81 bits per heavy atom. The lowest BCUT2D eigenvalue weighted by atomic mass is 10.2. The number of hydrogen-bond acceptors (Lipinski definition) is 4. The van der Waals surface area contributed by atoms with E-state index in [4.69, 9.17) is 20.2 Å². The Balaban J connectivity index is 2.52. The molecule has 88 valence electrons. The standard InChI is InChI=1S/C8H5BrClFO4S/c9-6-7(11)4(2-16(10,12)13)1-5-8(6)15-3-14-5/h1H,2-3H2. The first-order valence-corrected chi connectivity index (χ1v) is 7.34. The van der Waals surface area contributed by atoms with E-state index in [0.29, 0.717) is 5.75 Å². The van der Waals surface area contributed by atoms with Gasteiger partial charge in [-0.2, -0.15) is 0 Å². The van der Waals surface area contributed by atoms with Gasteiger partial charge in [-0.1, -0.05) is 0 Å².